The first kappa shape index (κ1) is 17.5. The molecule has 1 fully saturated rings. The minimum atomic E-state index is -3.42. The van der Waals surface area contributed by atoms with Crippen molar-refractivity contribution in [2.75, 3.05) is 13.7 Å². The molecule has 1 aromatic rings. The number of hydrogen-bond donors (Lipinski definition) is 3. The van der Waals surface area contributed by atoms with Crippen molar-refractivity contribution in [1.29, 1.82) is 0 Å². The van der Waals surface area contributed by atoms with Crippen molar-refractivity contribution >= 4 is 18.5 Å². The quantitative estimate of drug-likeness (QED) is 0.599. The Bertz CT molecular complexity index is 702. The van der Waals surface area contributed by atoms with E-state index in [0.717, 1.165) is 0 Å². The Balaban J connectivity index is 2.25. The molecule has 2 heterocycles. The Morgan fingerprint density at radius 1 is 1.59 bits per heavy atom. The molecule has 22 heavy (non-hydrogen) atoms. The van der Waals surface area contributed by atoms with Gasteiger partial charge >= 0.3 is 12.4 Å². The number of hydrogen-bond acceptors (Lipinski definition) is 7. The number of aromatic amines is 1. The zero-order valence-electron chi connectivity index (χ0n) is 12.0. The summed E-state index contributed by atoms with van der Waals surface area (Å²) < 4.78 is 16.7. The molecule has 11 heteroatoms. The fourth-order valence-electron chi connectivity index (χ4n) is 2.16. The van der Waals surface area contributed by atoms with Gasteiger partial charge in [-0.2, -0.15) is 0 Å². The highest BCUT2D eigenvalue weighted by Crippen LogP contribution is 2.47. The normalized spacial score (nSPS) is 27.7. The standard InChI is InChI=1S/C11H17N2O7PS/c1-6-4-13(11(16)12-10(6)15)9-3-7(8(5-14)19-9)20-21(17,22)18-2/h4,7-9,14H,3,5H2,1-2H3,(H,17,22)(H,12,15,16)/t7?,8-,9-,21?/m1/s1. The number of aromatic nitrogens is 2. The lowest BCUT2D eigenvalue weighted by Gasteiger charge is -2.20. The number of nitrogens with one attached hydrogen (secondary N) is 1. The molecule has 0 aliphatic carbocycles. The van der Waals surface area contributed by atoms with Crippen LogP contribution in [0.1, 0.15) is 18.2 Å². The molecule has 0 amide bonds. The van der Waals surface area contributed by atoms with Gasteiger partial charge in [-0.15, -0.1) is 0 Å². The highest BCUT2D eigenvalue weighted by atomic mass is 32.5. The molecule has 0 bridgehead atoms. The van der Waals surface area contributed by atoms with Crippen LogP contribution in [0.15, 0.2) is 15.8 Å². The van der Waals surface area contributed by atoms with Gasteiger partial charge in [-0.3, -0.25) is 14.3 Å². The second-order valence-electron chi connectivity index (χ2n) is 4.82. The number of H-pyrrole nitrogens is 1. The van der Waals surface area contributed by atoms with Crippen LogP contribution in [0, 0.1) is 6.92 Å². The number of aryl methyl sites for hydroxylation is 1. The van der Waals surface area contributed by atoms with E-state index in [2.05, 4.69) is 4.98 Å². The van der Waals surface area contributed by atoms with Gasteiger partial charge in [-0.1, -0.05) is 0 Å². The van der Waals surface area contributed by atoms with Gasteiger partial charge in [0.15, 0.2) is 0 Å². The molecule has 1 aromatic heterocycles. The van der Waals surface area contributed by atoms with Gasteiger partial charge in [0.2, 0.25) is 0 Å². The van der Waals surface area contributed by atoms with Crippen molar-refractivity contribution in [3.63, 3.8) is 0 Å². The van der Waals surface area contributed by atoms with Gasteiger partial charge in [0.1, 0.15) is 12.3 Å². The van der Waals surface area contributed by atoms with E-state index >= 15 is 0 Å². The second-order valence-corrected chi connectivity index (χ2v) is 7.72. The lowest BCUT2D eigenvalue weighted by Crippen LogP contribution is -2.33. The second kappa shape index (κ2) is 6.71. The molecule has 1 aliphatic rings. The SMILES string of the molecule is COP(O)(=S)OC1C[C@H](n2cc(C)c(=O)[nH]c2=O)O[C@@H]1CO. The minimum Gasteiger partial charge on any atom is -0.394 e. The van der Waals surface area contributed by atoms with Crippen molar-refractivity contribution < 1.29 is 23.8 Å². The first-order chi connectivity index (χ1) is 10.3. The summed E-state index contributed by atoms with van der Waals surface area (Å²) in [5.74, 6) is 0. The summed E-state index contributed by atoms with van der Waals surface area (Å²) in [6.45, 7) is -2.25. The van der Waals surface area contributed by atoms with Crippen molar-refractivity contribution in [2.24, 2.45) is 0 Å². The summed E-state index contributed by atoms with van der Waals surface area (Å²) in [7, 11) is 1.22. The van der Waals surface area contributed by atoms with Crippen molar-refractivity contribution in [2.45, 2.75) is 31.8 Å². The predicted octanol–water partition coefficient (Wildman–Crippen LogP) is -0.627. The third-order valence-corrected chi connectivity index (χ3v) is 5.02. The van der Waals surface area contributed by atoms with E-state index in [-0.39, 0.29) is 13.0 Å². The Morgan fingerprint density at radius 2 is 2.27 bits per heavy atom. The van der Waals surface area contributed by atoms with E-state index in [1.807, 2.05) is 0 Å². The fraction of sp³-hybridized carbons (Fsp3) is 0.636. The van der Waals surface area contributed by atoms with Crippen LogP contribution in [0.25, 0.3) is 0 Å². The van der Waals surface area contributed by atoms with E-state index in [1.165, 1.54) is 17.9 Å². The molecule has 1 aliphatic heterocycles. The first-order valence-corrected chi connectivity index (χ1v) is 9.02. The summed E-state index contributed by atoms with van der Waals surface area (Å²) in [5.41, 5.74) is -0.763. The Kier molecular flexibility index (Phi) is 5.33. The average molecular weight is 352 g/mol. The molecule has 0 radical (unpaired) electrons. The minimum absolute atomic E-state index is 0.166. The monoisotopic (exact) mass is 352 g/mol. The molecule has 0 saturated carbocycles. The van der Waals surface area contributed by atoms with Gasteiger partial charge in [0, 0.05) is 25.3 Å². The maximum atomic E-state index is 11.9. The van der Waals surface area contributed by atoms with Crippen LogP contribution in [-0.4, -0.2) is 45.5 Å². The van der Waals surface area contributed by atoms with Crippen molar-refractivity contribution in [3.05, 3.63) is 32.6 Å². The molecule has 9 nitrogen and oxygen atoms in total. The van der Waals surface area contributed by atoms with Crippen LogP contribution < -0.4 is 11.2 Å². The molecule has 2 rings (SSSR count). The number of rotatable bonds is 5. The van der Waals surface area contributed by atoms with E-state index < -0.39 is 36.4 Å². The smallest absolute Gasteiger partial charge is 0.330 e. The highest BCUT2D eigenvalue weighted by Gasteiger charge is 2.40. The van der Waals surface area contributed by atoms with Gasteiger partial charge in [0.25, 0.3) is 5.56 Å². The lowest BCUT2D eigenvalue weighted by atomic mass is 10.2. The maximum Gasteiger partial charge on any atom is 0.330 e. The molecule has 3 N–H and O–H groups in total. The molecule has 4 atom stereocenters. The largest absolute Gasteiger partial charge is 0.394 e. The van der Waals surface area contributed by atoms with Crippen LogP contribution in [0.4, 0.5) is 0 Å². The number of nitrogens with zero attached hydrogens (tertiary/aromatic N) is 1. The van der Waals surface area contributed by atoms with E-state index in [4.69, 9.17) is 25.6 Å². The third-order valence-electron chi connectivity index (χ3n) is 3.32. The Morgan fingerprint density at radius 3 is 2.86 bits per heavy atom. The topological polar surface area (TPSA) is 123 Å². The van der Waals surface area contributed by atoms with Crippen molar-refractivity contribution in [1.82, 2.24) is 9.55 Å². The zero-order chi connectivity index (χ0) is 16.5. The summed E-state index contributed by atoms with van der Waals surface area (Å²) in [5, 5.41) is 9.34. The molecule has 1 saturated heterocycles. The molecule has 124 valence electrons. The van der Waals surface area contributed by atoms with Crippen molar-refractivity contribution in [3.8, 4) is 0 Å². The number of aliphatic hydroxyl groups is 1. The van der Waals surface area contributed by atoms with Crippen LogP contribution >= 0.6 is 6.72 Å². The molecular weight excluding hydrogens is 335 g/mol. The van der Waals surface area contributed by atoms with Gasteiger partial charge in [-0.05, 0) is 18.7 Å². The summed E-state index contributed by atoms with van der Waals surface area (Å²) in [6, 6.07) is 0. The van der Waals surface area contributed by atoms with E-state index in [0.29, 0.717) is 5.56 Å². The summed E-state index contributed by atoms with van der Waals surface area (Å²) >= 11 is 4.77. The molecule has 0 aromatic carbocycles. The maximum absolute atomic E-state index is 11.9. The number of aliphatic hydroxyl groups excluding tert-OH is 1. The molecular formula is C11H17N2O7PS. The molecule has 0 spiro atoms. The van der Waals surface area contributed by atoms with E-state index in [9.17, 15) is 19.6 Å². The lowest BCUT2D eigenvalue weighted by molar-refractivity contribution is -0.0438. The van der Waals surface area contributed by atoms with Gasteiger partial charge in [-0.25, -0.2) is 4.79 Å². The first-order valence-electron chi connectivity index (χ1n) is 6.42. The zero-order valence-corrected chi connectivity index (χ0v) is 13.7. The third kappa shape index (κ3) is 3.72. The van der Waals surface area contributed by atoms with Gasteiger partial charge in [0.05, 0.1) is 12.7 Å². The average Bonchev–Trinajstić information content (AvgIpc) is 2.84. The van der Waals surface area contributed by atoms with Crippen LogP contribution in [-0.2, 0) is 25.6 Å². The fourth-order valence-corrected chi connectivity index (χ4v) is 3.14. The van der Waals surface area contributed by atoms with Crippen LogP contribution in [0.2, 0.25) is 0 Å². The highest BCUT2D eigenvalue weighted by molar-refractivity contribution is 8.07. The summed E-state index contributed by atoms with van der Waals surface area (Å²) in [6.07, 6.45) is -0.719. The Hall–Kier alpha value is -0.870. The Labute approximate surface area is 130 Å². The summed E-state index contributed by atoms with van der Waals surface area (Å²) in [4.78, 5) is 35.1. The molecule has 2 unspecified atom stereocenters. The van der Waals surface area contributed by atoms with Gasteiger partial charge < -0.3 is 23.8 Å². The van der Waals surface area contributed by atoms with Crippen LogP contribution in [0.5, 0.6) is 0 Å². The van der Waals surface area contributed by atoms with E-state index in [1.54, 1.807) is 6.92 Å². The number of ether oxygens (including phenoxy) is 1. The predicted molar refractivity (Wildman–Crippen MR) is 80.1 cm³/mol. The van der Waals surface area contributed by atoms with Crippen LogP contribution in [0.3, 0.4) is 0 Å².